The Balaban J connectivity index is 0.00000267. The summed E-state index contributed by atoms with van der Waals surface area (Å²) < 4.78 is 56.1. The molecule has 1 aliphatic heterocycles. The fraction of sp³-hybridized carbons (Fsp3) is 0.346. The molecule has 0 saturated carbocycles. The van der Waals surface area contributed by atoms with E-state index in [1.54, 1.807) is 18.3 Å². The number of benzene rings is 1. The van der Waals surface area contributed by atoms with Crippen LogP contribution in [-0.2, 0) is 15.9 Å². The van der Waals surface area contributed by atoms with Crippen LogP contribution in [0.25, 0.3) is 10.9 Å². The Labute approximate surface area is 256 Å². The molecule has 7 nitrogen and oxygen atoms in total. The second kappa shape index (κ2) is 13.7. The van der Waals surface area contributed by atoms with Crippen LogP contribution in [0.2, 0.25) is 0 Å². The van der Waals surface area contributed by atoms with Crippen LogP contribution in [0.15, 0.2) is 53.2 Å². The summed E-state index contributed by atoms with van der Waals surface area (Å²) in [6, 6.07) is 3.87. The average molecular weight is 803 g/mol. The first kappa shape index (κ1) is 33.5. The maximum Gasteiger partial charge on any atom is 2.00 e. The molecule has 1 fully saturated rings. The Kier molecular flexibility index (Phi) is 11.8. The van der Waals surface area contributed by atoms with Gasteiger partial charge in [0, 0.05) is 49.2 Å². The molecule has 1 N–H and O–H groups in total. The van der Waals surface area contributed by atoms with Crippen LogP contribution in [0.1, 0.15) is 24.4 Å². The molecule has 208 valence electrons. The van der Waals surface area contributed by atoms with Gasteiger partial charge in [-0.1, -0.05) is 6.07 Å². The number of piperazine rings is 1. The summed E-state index contributed by atoms with van der Waals surface area (Å²) in [4.78, 5) is 14.6. The third-order valence-corrected chi connectivity index (χ3v) is 9.56. The Morgan fingerprint density at radius 1 is 1.26 bits per heavy atom. The summed E-state index contributed by atoms with van der Waals surface area (Å²) in [5.74, 6) is 4.37. The molecule has 3 heterocycles. The second-order valence-electron chi connectivity index (χ2n) is 8.96. The fourth-order valence-corrected chi connectivity index (χ4v) is 6.91. The zero-order valence-electron chi connectivity index (χ0n) is 22.1. The Morgan fingerprint density at radius 3 is 2.59 bits per heavy atom. The third-order valence-electron chi connectivity index (χ3n) is 5.87. The van der Waals surface area contributed by atoms with E-state index in [0.717, 1.165) is 18.0 Å². The van der Waals surface area contributed by atoms with Gasteiger partial charge in [-0.25, -0.2) is 36.2 Å². The van der Waals surface area contributed by atoms with Crippen LogP contribution in [0.5, 0.6) is 0 Å². The van der Waals surface area contributed by atoms with E-state index in [1.165, 1.54) is 17.4 Å². The SMILES string of the molecule is C=C(C)C=[C-]c1ncc(S(=C)(=O)N2CCN(C[C@H](C)Nc3ncnc4c(C(F)(F)F)cccc34)CC2)s1.[CH3-].[U+2]. The Hall–Kier alpha value is -1.75. The number of para-hydroxylation sites is 1. The Bertz CT molecular complexity index is 1420. The molecular weight excluding hydrogens is 771 g/mol. The molecule has 1 saturated heterocycles. The zero-order valence-corrected chi connectivity index (χ0v) is 27.9. The maximum absolute atomic E-state index is 13.5. The summed E-state index contributed by atoms with van der Waals surface area (Å²) in [5.41, 5.74) is -0.0582. The number of hydrogen-bond acceptors (Lipinski definition) is 7. The quantitative estimate of drug-likeness (QED) is 0.198. The minimum atomic E-state index is -4.50. The number of aromatic nitrogens is 3. The van der Waals surface area contributed by atoms with E-state index in [0.29, 0.717) is 53.1 Å². The molecule has 0 aliphatic carbocycles. The van der Waals surface area contributed by atoms with E-state index in [9.17, 15) is 17.4 Å². The molecule has 0 spiro atoms. The van der Waals surface area contributed by atoms with E-state index >= 15 is 0 Å². The van der Waals surface area contributed by atoms with Crippen molar-refractivity contribution in [2.75, 3.05) is 38.0 Å². The average Bonchev–Trinajstić information content (AvgIpc) is 3.32. The standard InChI is InChI=1S/C25H28F3N6OS2.CH3.U/c1-17(2)8-9-21-29-14-22(36-21)37(4,35)34-12-10-33(11-13-34)15-18(3)32-24-19-6-5-7-20(25(26,27)28)23(19)30-16-31-24;;/h5-8,14,16,18H,1,4,10-13,15H2,2-3H3,(H,30,31,32);1H3;/q2*-1;+2/t18-,37?;;/m0../s1. The molecule has 4 rings (SSSR count). The van der Waals surface area contributed by atoms with Gasteiger partial charge in [0.2, 0.25) is 0 Å². The zero-order chi connectivity index (χ0) is 26.8. The minimum absolute atomic E-state index is 0. The number of nitrogens with one attached hydrogen (secondary N) is 1. The molecule has 39 heavy (non-hydrogen) atoms. The van der Waals surface area contributed by atoms with Gasteiger partial charge in [0.05, 0.1) is 27.0 Å². The number of anilines is 1. The molecule has 2 aromatic heterocycles. The van der Waals surface area contributed by atoms with Crippen molar-refractivity contribution in [3.63, 3.8) is 0 Å². The molecule has 1 aliphatic rings. The number of alkyl halides is 3. The predicted octanol–water partition coefficient (Wildman–Crippen LogP) is 4.95. The molecule has 2 atom stereocenters. The van der Waals surface area contributed by atoms with Crippen LogP contribution >= 0.6 is 11.3 Å². The van der Waals surface area contributed by atoms with Gasteiger partial charge in [-0.3, -0.25) is 9.88 Å². The number of nitrogens with zero attached hydrogens (tertiary/aromatic N) is 5. The van der Waals surface area contributed by atoms with Crippen molar-refractivity contribution >= 4 is 43.6 Å². The van der Waals surface area contributed by atoms with Gasteiger partial charge >= 0.3 is 37.3 Å². The van der Waals surface area contributed by atoms with Crippen LogP contribution in [0, 0.1) is 44.6 Å². The molecule has 3 aromatic rings. The number of fused-ring (bicyclic) bond motifs is 1. The summed E-state index contributed by atoms with van der Waals surface area (Å²) in [7, 11) is -2.66. The van der Waals surface area contributed by atoms with E-state index in [4.69, 9.17) is 0 Å². The first-order valence-electron chi connectivity index (χ1n) is 11.6. The maximum atomic E-state index is 13.5. The van der Waals surface area contributed by atoms with E-state index in [-0.39, 0.29) is 50.1 Å². The number of halogens is 3. The van der Waals surface area contributed by atoms with E-state index < -0.39 is 21.4 Å². The van der Waals surface area contributed by atoms with Crippen molar-refractivity contribution in [3.05, 3.63) is 73.0 Å². The fourth-order valence-electron chi connectivity index (χ4n) is 4.09. The topological polar surface area (TPSA) is 74.2 Å². The van der Waals surface area contributed by atoms with Crippen molar-refractivity contribution in [1.29, 1.82) is 0 Å². The molecule has 1 unspecified atom stereocenters. The number of thiazole rings is 1. The van der Waals surface area contributed by atoms with Gasteiger partial charge in [-0.2, -0.15) is 19.8 Å². The molecule has 0 radical (unpaired) electrons. The summed E-state index contributed by atoms with van der Waals surface area (Å²) in [6.07, 6.45) is 3.03. The van der Waals surface area contributed by atoms with Crippen molar-refractivity contribution in [1.82, 2.24) is 24.2 Å². The van der Waals surface area contributed by atoms with Crippen molar-refractivity contribution in [2.24, 2.45) is 0 Å². The van der Waals surface area contributed by atoms with Gasteiger partial charge in [-0.05, 0) is 24.9 Å². The first-order valence-corrected chi connectivity index (χ1v) is 14.1. The van der Waals surface area contributed by atoms with Gasteiger partial charge in [0.1, 0.15) is 16.4 Å². The van der Waals surface area contributed by atoms with Crippen LogP contribution in [-0.4, -0.2) is 73.0 Å². The third kappa shape index (κ3) is 8.15. The van der Waals surface area contributed by atoms with E-state index in [1.807, 2.05) is 18.2 Å². The van der Waals surface area contributed by atoms with Gasteiger partial charge in [0.15, 0.2) is 0 Å². The summed E-state index contributed by atoms with van der Waals surface area (Å²) >= 11 is 1.31. The number of rotatable bonds is 8. The largest absolute Gasteiger partial charge is 2.00 e. The number of hydrogen-bond donors (Lipinski definition) is 1. The normalized spacial score (nSPS) is 17.3. The second-order valence-corrected chi connectivity index (χ2v) is 12.5. The molecular formula is C26H31F3N6OS2U. The number of allylic oxidation sites excluding steroid dienone is 2. The molecule has 0 bridgehead atoms. The van der Waals surface area contributed by atoms with Gasteiger partial charge in [0.25, 0.3) is 0 Å². The van der Waals surface area contributed by atoms with Crippen LogP contribution < -0.4 is 5.32 Å². The monoisotopic (exact) mass is 802 g/mol. The van der Waals surface area contributed by atoms with Crippen molar-refractivity contribution < 1.29 is 48.5 Å². The van der Waals surface area contributed by atoms with Gasteiger partial charge < -0.3 is 12.7 Å². The molecule has 0 amide bonds. The Morgan fingerprint density at radius 2 is 1.95 bits per heavy atom. The smallest absolute Gasteiger partial charge is 0.366 e. The summed E-state index contributed by atoms with van der Waals surface area (Å²) in [5, 5.41) is 4.19. The summed E-state index contributed by atoms with van der Waals surface area (Å²) in [6.45, 7) is 10.7. The van der Waals surface area contributed by atoms with Crippen LogP contribution in [0.3, 0.4) is 0 Å². The van der Waals surface area contributed by atoms with Crippen molar-refractivity contribution in [3.8, 4) is 0 Å². The predicted molar refractivity (Wildman–Crippen MR) is 149 cm³/mol. The first-order chi connectivity index (χ1) is 17.4. The minimum Gasteiger partial charge on any atom is -0.366 e. The van der Waals surface area contributed by atoms with Gasteiger partial charge in [-0.15, -0.1) is 18.3 Å². The molecule has 13 heteroatoms. The van der Waals surface area contributed by atoms with Crippen molar-refractivity contribution in [2.45, 2.75) is 30.3 Å². The van der Waals surface area contributed by atoms with Crippen LogP contribution in [0.4, 0.5) is 19.0 Å². The van der Waals surface area contributed by atoms with E-state index in [2.05, 4.69) is 43.7 Å². The molecule has 1 aromatic carbocycles.